The number of amides is 2. The van der Waals surface area contributed by atoms with Gasteiger partial charge in [-0.2, -0.15) is 0 Å². The minimum atomic E-state index is -0.820. The Bertz CT molecular complexity index is 760. The average Bonchev–Trinajstić information content (AvgIpc) is 3.19. The minimum Gasteiger partial charge on any atom is -0.454 e. The fourth-order valence-electron chi connectivity index (χ4n) is 2.45. The Morgan fingerprint density at radius 2 is 1.70 bits per heavy atom. The van der Waals surface area contributed by atoms with Crippen molar-refractivity contribution in [3.8, 4) is 0 Å². The third-order valence-electron chi connectivity index (χ3n) is 3.97. The summed E-state index contributed by atoms with van der Waals surface area (Å²) in [5, 5.41) is 7.24. The van der Waals surface area contributed by atoms with Gasteiger partial charge in [-0.15, -0.1) is 11.3 Å². The molecule has 0 saturated heterocycles. The summed E-state index contributed by atoms with van der Waals surface area (Å²) in [5.74, 6) is -1.53. The molecule has 0 unspecified atom stereocenters. The van der Waals surface area contributed by atoms with Crippen LogP contribution in [0, 0.1) is 5.92 Å². The zero-order valence-electron chi connectivity index (χ0n) is 15.6. The minimum absolute atomic E-state index is 0.173. The van der Waals surface area contributed by atoms with Crippen LogP contribution in [0.15, 0.2) is 47.8 Å². The third kappa shape index (κ3) is 6.21. The van der Waals surface area contributed by atoms with Gasteiger partial charge >= 0.3 is 5.97 Å². The van der Waals surface area contributed by atoms with Gasteiger partial charge in [0.1, 0.15) is 6.04 Å². The van der Waals surface area contributed by atoms with Gasteiger partial charge in [-0.3, -0.25) is 9.59 Å². The summed E-state index contributed by atoms with van der Waals surface area (Å²) in [4.78, 5) is 37.1. The van der Waals surface area contributed by atoms with Crippen molar-refractivity contribution in [3.05, 3.63) is 58.3 Å². The van der Waals surface area contributed by atoms with Crippen molar-refractivity contribution in [1.82, 2.24) is 10.6 Å². The van der Waals surface area contributed by atoms with Gasteiger partial charge in [0.15, 0.2) is 6.61 Å². The molecule has 0 bridgehead atoms. The molecule has 2 amide bonds. The van der Waals surface area contributed by atoms with E-state index < -0.39 is 24.5 Å². The topological polar surface area (TPSA) is 84.5 Å². The first-order valence-electron chi connectivity index (χ1n) is 8.73. The number of benzene rings is 1. The monoisotopic (exact) mass is 388 g/mol. The van der Waals surface area contributed by atoms with Crippen LogP contribution in [0.3, 0.4) is 0 Å². The number of carbonyl (C=O) groups excluding carboxylic acids is 3. The molecular formula is C20H24N2O4S. The smallest absolute Gasteiger partial charge is 0.329 e. The van der Waals surface area contributed by atoms with Crippen LogP contribution in [-0.2, 0) is 14.3 Å². The van der Waals surface area contributed by atoms with Gasteiger partial charge in [0.25, 0.3) is 11.8 Å². The van der Waals surface area contributed by atoms with Crippen molar-refractivity contribution >= 4 is 29.1 Å². The summed E-state index contributed by atoms with van der Waals surface area (Å²) in [6.45, 7) is 5.07. The molecule has 0 saturated carbocycles. The fraction of sp³-hybridized carbons (Fsp3) is 0.350. The van der Waals surface area contributed by atoms with E-state index in [0.29, 0.717) is 4.88 Å². The second-order valence-corrected chi connectivity index (χ2v) is 7.43. The van der Waals surface area contributed by atoms with Gasteiger partial charge < -0.3 is 15.4 Å². The number of carbonyl (C=O) groups is 3. The Balaban J connectivity index is 1.86. The number of nitrogens with one attached hydrogen (secondary N) is 2. The number of hydrogen-bond donors (Lipinski definition) is 2. The molecule has 1 heterocycles. The van der Waals surface area contributed by atoms with E-state index in [0.717, 1.165) is 5.56 Å². The maximum Gasteiger partial charge on any atom is 0.329 e. The van der Waals surface area contributed by atoms with Gasteiger partial charge in [0.2, 0.25) is 0 Å². The van der Waals surface area contributed by atoms with E-state index in [1.807, 2.05) is 37.3 Å². The van der Waals surface area contributed by atoms with Crippen LogP contribution in [-0.4, -0.2) is 30.4 Å². The van der Waals surface area contributed by atoms with Crippen molar-refractivity contribution in [1.29, 1.82) is 0 Å². The number of esters is 1. The predicted molar refractivity (Wildman–Crippen MR) is 104 cm³/mol. The van der Waals surface area contributed by atoms with Crippen LogP contribution in [0.4, 0.5) is 0 Å². The maximum absolute atomic E-state index is 12.3. The summed E-state index contributed by atoms with van der Waals surface area (Å²) in [6.07, 6.45) is 0. The lowest BCUT2D eigenvalue weighted by molar-refractivity contribution is -0.151. The third-order valence-corrected chi connectivity index (χ3v) is 4.84. The van der Waals surface area contributed by atoms with E-state index in [1.165, 1.54) is 11.3 Å². The van der Waals surface area contributed by atoms with E-state index in [9.17, 15) is 14.4 Å². The lowest BCUT2D eigenvalue weighted by Gasteiger charge is -2.21. The highest BCUT2D eigenvalue weighted by Crippen LogP contribution is 2.12. The van der Waals surface area contributed by atoms with Crippen molar-refractivity contribution in [2.45, 2.75) is 32.9 Å². The molecular weight excluding hydrogens is 364 g/mol. The first kappa shape index (κ1) is 20.6. The van der Waals surface area contributed by atoms with Crippen LogP contribution in [0.25, 0.3) is 0 Å². The first-order chi connectivity index (χ1) is 12.9. The zero-order valence-corrected chi connectivity index (χ0v) is 16.4. The quantitative estimate of drug-likeness (QED) is 0.681. The van der Waals surface area contributed by atoms with Gasteiger partial charge in [-0.05, 0) is 29.9 Å². The van der Waals surface area contributed by atoms with Crippen LogP contribution in [0.5, 0.6) is 0 Å². The van der Waals surface area contributed by atoms with E-state index in [4.69, 9.17) is 4.74 Å². The second-order valence-electron chi connectivity index (χ2n) is 6.48. The van der Waals surface area contributed by atoms with Gasteiger partial charge in [0.05, 0.1) is 10.9 Å². The summed E-state index contributed by atoms with van der Waals surface area (Å²) in [7, 11) is 0. The molecule has 1 aromatic heterocycles. The normalized spacial score (nSPS) is 12.9. The van der Waals surface area contributed by atoms with E-state index >= 15 is 0 Å². The SMILES string of the molecule is CC(C)[C@@H](NC(=O)c1cccs1)C(=O)OCC(=O)N[C@@H](C)c1ccccc1. The van der Waals surface area contributed by atoms with Gasteiger partial charge in [-0.1, -0.05) is 50.2 Å². The van der Waals surface area contributed by atoms with Crippen molar-refractivity contribution in [2.75, 3.05) is 6.61 Å². The van der Waals surface area contributed by atoms with Gasteiger partial charge in [0, 0.05) is 0 Å². The maximum atomic E-state index is 12.3. The highest BCUT2D eigenvalue weighted by molar-refractivity contribution is 7.12. The molecule has 1 aromatic carbocycles. The highest BCUT2D eigenvalue weighted by Gasteiger charge is 2.27. The Morgan fingerprint density at radius 3 is 2.30 bits per heavy atom. The summed E-state index contributed by atoms with van der Waals surface area (Å²) < 4.78 is 5.12. The number of rotatable bonds is 8. The van der Waals surface area contributed by atoms with Crippen LogP contribution < -0.4 is 10.6 Å². The Kier molecular flexibility index (Phi) is 7.55. The molecule has 144 valence electrons. The molecule has 2 aromatic rings. The lowest BCUT2D eigenvalue weighted by Crippen LogP contribution is -2.46. The second kappa shape index (κ2) is 9.87. The van der Waals surface area contributed by atoms with E-state index in [2.05, 4.69) is 10.6 Å². The largest absolute Gasteiger partial charge is 0.454 e. The standard InChI is InChI=1S/C20H24N2O4S/c1-13(2)18(22-19(24)16-10-7-11-27-16)20(25)26-12-17(23)21-14(3)15-8-5-4-6-9-15/h4-11,13-14,18H,12H2,1-3H3,(H,21,23)(H,22,24)/t14-,18+/m0/s1. The molecule has 0 spiro atoms. The molecule has 6 nitrogen and oxygen atoms in total. The zero-order chi connectivity index (χ0) is 19.8. The van der Waals surface area contributed by atoms with E-state index in [-0.39, 0.29) is 17.9 Å². The molecule has 0 fully saturated rings. The Labute approximate surface area is 162 Å². The highest BCUT2D eigenvalue weighted by atomic mass is 32.1. The van der Waals surface area contributed by atoms with Crippen molar-refractivity contribution in [2.24, 2.45) is 5.92 Å². The van der Waals surface area contributed by atoms with Gasteiger partial charge in [-0.25, -0.2) is 4.79 Å². The van der Waals surface area contributed by atoms with Crippen LogP contribution in [0.2, 0.25) is 0 Å². The Morgan fingerprint density at radius 1 is 1.00 bits per heavy atom. The molecule has 0 aliphatic heterocycles. The number of ether oxygens (including phenoxy) is 1. The van der Waals surface area contributed by atoms with Crippen molar-refractivity contribution in [3.63, 3.8) is 0 Å². The molecule has 0 aliphatic rings. The molecule has 0 radical (unpaired) electrons. The van der Waals surface area contributed by atoms with Crippen molar-refractivity contribution < 1.29 is 19.1 Å². The van der Waals surface area contributed by atoms with E-state index in [1.54, 1.807) is 31.4 Å². The molecule has 0 aliphatic carbocycles. The summed E-state index contributed by atoms with van der Waals surface area (Å²) in [5.41, 5.74) is 0.959. The number of hydrogen-bond acceptors (Lipinski definition) is 5. The van der Waals surface area contributed by atoms with Crippen LogP contribution >= 0.6 is 11.3 Å². The molecule has 2 N–H and O–H groups in total. The average molecular weight is 388 g/mol. The summed E-state index contributed by atoms with van der Waals surface area (Å²) in [6, 6.07) is 11.9. The lowest BCUT2D eigenvalue weighted by atomic mass is 10.0. The predicted octanol–water partition coefficient (Wildman–Crippen LogP) is 2.92. The molecule has 7 heteroatoms. The first-order valence-corrected chi connectivity index (χ1v) is 9.61. The molecule has 2 atom stereocenters. The number of thiophene rings is 1. The molecule has 27 heavy (non-hydrogen) atoms. The van der Waals surface area contributed by atoms with Crippen LogP contribution in [0.1, 0.15) is 42.0 Å². The fourth-order valence-corrected chi connectivity index (χ4v) is 3.08. The Hall–Kier alpha value is -2.67. The molecule has 2 rings (SSSR count). The summed E-state index contributed by atoms with van der Waals surface area (Å²) >= 11 is 1.29.